The summed E-state index contributed by atoms with van der Waals surface area (Å²) in [7, 11) is -1.45. The lowest BCUT2D eigenvalue weighted by atomic mass is 10.1. The minimum Gasteiger partial charge on any atom is -0.358 e. The number of hydrogen-bond acceptors (Lipinski definition) is 7. The maximum absolute atomic E-state index is 14.7. The Bertz CT molecular complexity index is 1950. The van der Waals surface area contributed by atoms with Crippen LogP contribution in [0.5, 0.6) is 0 Å². The van der Waals surface area contributed by atoms with E-state index in [4.69, 9.17) is 0 Å². The third-order valence-corrected chi connectivity index (χ3v) is 9.06. The number of rotatable bonds is 6. The zero-order valence-corrected chi connectivity index (χ0v) is 24.1. The van der Waals surface area contributed by atoms with Crippen LogP contribution in [0.15, 0.2) is 61.7 Å². The van der Waals surface area contributed by atoms with Crippen LogP contribution in [0, 0.1) is 16.3 Å². The number of aromatic nitrogens is 3. The van der Waals surface area contributed by atoms with Gasteiger partial charge in [0.05, 0.1) is 21.8 Å². The van der Waals surface area contributed by atoms with Gasteiger partial charge < -0.3 is 10.6 Å². The van der Waals surface area contributed by atoms with Gasteiger partial charge in [-0.05, 0) is 72.8 Å². The average molecular weight is 667 g/mol. The molecule has 0 bridgehead atoms. The van der Waals surface area contributed by atoms with Gasteiger partial charge >= 0.3 is 5.69 Å². The Morgan fingerprint density at radius 1 is 1.13 bits per heavy atom. The molecule has 1 atom stereocenters. The molecule has 204 valence electrons. The minimum absolute atomic E-state index is 0.0102. The number of anilines is 2. The van der Waals surface area contributed by atoms with Crippen molar-refractivity contribution in [3.05, 3.63) is 88.6 Å². The van der Waals surface area contributed by atoms with Gasteiger partial charge in [-0.1, -0.05) is 6.07 Å². The Balaban J connectivity index is 2.05. The van der Waals surface area contributed by atoms with E-state index in [1.165, 1.54) is 64.3 Å². The molecule has 0 saturated carbocycles. The van der Waals surface area contributed by atoms with Crippen LogP contribution in [0.3, 0.4) is 0 Å². The summed E-state index contributed by atoms with van der Waals surface area (Å²) in [6.45, 7) is 2.65. The van der Waals surface area contributed by atoms with Gasteiger partial charge in [0.15, 0.2) is 9.84 Å². The highest BCUT2D eigenvalue weighted by Crippen LogP contribution is 2.28. The number of nitrogens with zero attached hydrogens (tertiary/aromatic N) is 2. The Hall–Kier alpha value is -3.79. The van der Waals surface area contributed by atoms with Crippen molar-refractivity contribution >= 4 is 60.7 Å². The number of benzene rings is 2. The molecule has 0 spiro atoms. The van der Waals surface area contributed by atoms with Crippen LogP contribution in [0.1, 0.15) is 12.5 Å². The number of fused-ring (bicyclic) bond motifs is 1. The second-order valence-corrected chi connectivity index (χ2v) is 12.2. The van der Waals surface area contributed by atoms with E-state index in [2.05, 4.69) is 15.6 Å². The van der Waals surface area contributed by atoms with Crippen LogP contribution in [-0.4, -0.2) is 40.7 Å². The lowest BCUT2D eigenvalue weighted by molar-refractivity contribution is -0.119. The van der Waals surface area contributed by atoms with E-state index in [0.29, 0.717) is 3.57 Å². The third kappa shape index (κ3) is 4.89. The van der Waals surface area contributed by atoms with Crippen LogP contribution in [0.2, 0.25) is 0 Å². The summed E-state index contributed by atoms with van der Waals surface area (Å²) in [6.07, 6.45) is 0. The quantitative estimate of drug-likeness (QED) is 0.267. The molecule has 2 aromatic carbocycles. The first-order valence-electron chi connectivity index (χ1n) is 11.5. The zero-order chi connectivity index (χ0) is 28.8. The molecule has 14 heteroatoms. The standard InChI is InChI=1S/C25H23FIN5O6S/c1-12-20-19(21(31(4)24(12)35)29-18-9-8-14(27)10-17(18)26)23(34)30-25(36)32(20)15-6-5-7-16(11-15)39(37,38)13(2)22(33)28-3/h5-11,13,29H,1-4H3,(H,28,33)(H,30,34,36). The molecule has 1 amide bonds. The molecular formula is C25H23FIN5O6S. The molecule has 0 aliphatic heterocycles. The summed E-state index contributed by atoms with van der Waals surface area (Å²) >= 11 is 1.94. The Morgan fingerprint density at radius 3 is 2.46 bits per heavy atom. The second kappa shape index (κ2) is 10.4. The van der Waals surface area contributed by atoms with Crippen LogP contribution in [0.4, 0.5) is 15.9 Å². The lowest BCUT2D eigenvalue weighted by Crippen LogP contribution is -2.36. The number of halogens is 2. The molecule has 0 saturated heterocycles. The maximum atomic E-state index is 14.7. The molecule has 39 heavy (non-hydrogen) atoms. The number of aryl methyl sites for hydroxylation is 1. The van der Waals surface area contributed by atoms with Gasteiger partial charge in [-0.3, -0.25) is 28.5 Å². The number of nitrogens with one attached hydrogen (secondary N) is 3. The first-order chi connectivity index (χ1) is 18.3. The van der Waals surface area contributed by atoms with Gasteiger partial charge in [-0.15, -0.1) is 0 Å². The monoisotopic (exact) mass is 667 g/mol. The molecule has 0 fully saturated rings. The van der Waals surface area contributed by atoms with Gasteiger partial charge in [0.1, 0.15) is 22.3 Å². The predicted octanol–water partition coefficient (Wildman–Crippen LogP) is 2.08. The summed E-state index contributed by atoms with van der Waals surface area (Å²) in [5.74, 6) is -1.42. The molecule has 0 aliphatic rings. The number of carbonyl (C=O) groups excluding carboxylic acids is 1. The molecule has 0 aliphatic carbocycles. The number of aromatic amines is 1. The number of hydrogen-bond donors (Lipinski definition) is 3. The Morgan fingerprint density at radius 2 is 1.82 bits per heavy atom. The summed E-state index contributed by atoms with van der Waals surface area (Å²) in [5, 5.41) is 3.54. The summed E-state index contributed by atoms with van der Waals surface area (Å²) in [6, 6.07) is 9.59. The fourth-order valence-corrected chi connectivity index (χ4v) is 6.01. The van der Waals surface area contributed by atoms with E-state index >= 15 is 0 Å². The molecule has 2 aromatic heterocycles. The second-order valence-electron chi connectivity index (χ2n) is 8.70. The van der Waals surface area contributed by atoms with Crippen molar-refractivity contribution in [1.29, 1.82) is 0 Å². The van der Waals surface area contributed by atoms with Crippen molar-refractivity contribution in [2.75, 3.05) is 12.4 Å². The van der Waals surface area contributed by atoms with Crippen molar-refractivity contribution in [1.82, 2.24) is 19.4 Å². The lowest BCUT2D eigenvalue weighted by Gasteiger charge is -2.19. The highest BCUT2D eigenvalue weighted by atomic mass is 127. The van der Waals surface area contributed by atoms with Gasteiger partial charge in [-0.25, -0.2) is 17.6 Å². The molecule has 4 rings (SSSR count). The largest absolute Gasteiger partial charge is 0.358 e. The number of sulfone groups is 1. The zero-order valence-electron chi connectivity index (χ0n) is 21.1. The number of pyridine rings is 1. The molecule has 0 radical (unpaired) electrons. The fraction of sp³-hybridized carbons (Fsp3) is 0.200. The number of H-pyrrole nitrogens is 1. The summed E-state index contributed by atoms with van der Waals surface area (Å²) < 4.78 is 43.6. The molecule has 4 aromatic rings. The van der Waals surface area contributed by atoms with Gasteiger partial charge in [0, 0.05) is 23.2 Å². The van der Waals surface area contributed by atoms with Gasteiger partial charge in [-0.2, -0.15) is 0 Å². The predicted molar refractivity (Wildman–Crippen MR) is 153 cm³/mol. The topological polar surface area (TPSA) is 152 Å². The SMILES string of the molecule is CNC(=O)C(C)S(=O)(=O)c1cccc(-n2c(=O)[nH]c(=O)c3c(Nc4ccc(I)cc4F)n(C)c(=O)c(C)c32)c1. The van der Waals surface area contributed by atoms with E-state index in [0.717, 1.165) is 9.13 Å². The van der Waals surface area contributed by atoms with Crippen molar-refractivity contribution in [3.8, 4) is 5.69 Å². The normalized spacial score (nSPS) is 12.4. The van der Waals surface area contributed by atoms with Gasteiger partial charge in [0.2, 0.25) is 5.91 Å². The van der Waals surface area contributed by atoms with E-state index in [9.17, 15) is 32.0 Å². The highest BCUT2D eigenvalue weighted by molar-refractivity contribution is 14.1. The van der Waals surface area contributed by atoms with E-state index in [1.807, 2.05) is 22.6 Å². The average Bonchev–Trinajstić information content (AvgIpc) is 2.90. The van der Waals surface area contributed by atoms with Crippen molar-refractivity contribution in [2.24, 2.45) is 7.05 Å². The first kappa shape index (κ1) is 28.2. The smallest absolute Gasteiger partial charge is 0.333 e. The van der Waals surface area contributed by atoms with Crippen LogP contribution < -0.4 is 27.4 Å². The van der Waals surface area contributed by atoms with Crippen LogP contribution in [0.25, 0.3) is 16.6 Å². The van der Waals surface area contributed by atoms with Gasteiger partial charge in [0.25, 0.3) is 11.1 Å². The van der Waals surface area contributed by atoms with Crippen molar-refractivity contribution in [2.45, 2.75) is 24.0 Å². The highest BCUT2D eigenvalue weighted by Gasteiger charge is 2.30. The maximum Gasteiger partial charge on any atom is 0.333 e. The van der Waals surface area contributed by atoms with Crippen LogP contribution >= 0.6 is 22.6 Å². The fourth-order valence-electron chi connectivity index (χ4n) is 4.19. The number of carbonyl (C=O) groups is 1. The molecule has 11 nitrogen and oxygen atoms in total. The van der Waals surface area contributed by atoms with E-state index < -0.39 is 43.6 Å². The third-order valence-electron chi connectivity index (χ3n) is 6.33. The Kier molecular flexibility index (Phi) is 7.53. The molecule has 1 unspecified atom stereocenters. The van der Waals surface area contributed by atoms with E-state index in [1.54, 1.807) is 6.07 Å². The van der Waals surface area contributed by atoms with Crippen molar-refractivity contribution < 1.29 is 17.6 Å². The number of amides is 1. The van der Waals surface area contributed by atoms with Crippen LogP contribution in [-0.2, 0) is 21.7 Å². The molecule has 3 N–H and O–H groups in total. The molecular weight excluding hydrogens is 644 g/mol. The summed E-state index contributed by atoms with van der Waals surface area (Å²) in [5.41, 5.74) is -2.39. The minimum atomic E-state index is -4.16. The summed E-state index contributed by atoms with van der Waals surface area (Å²) in [4.78, 5) is 53.4. The van der Waals surface area contributed by atoms with E-state index in [-0.39, 0.29) is 38.6 Å². The molecule has 2 heterocycles. The Labute approximate surface area is 234 Å². The van der Waals surface area contributed by atoms with Crippen molar-refractivity contribution in [3.63, 3.8) is 0 Å². The first-order valence-corrected chi connectivity index (χ1v) is 14.1.